The maximum absolute atomic E-state index is 13.0. The zero-order valence-corrected chi connectivity index (χ0v) is 19.4. The Bertz CT molecular complexity index is 810. The lowest BCUT2D eigenvalue weighted by Gasteiger charge is -2.35. The van der Waals surface area contributed by atoms with Crippen molar-refractivity contribution in [1.82, 2.24) is 20.5 Å². The summed E-state index contributed by atoms with van der Waals surface area (Å²) in [5.41, 5.74) is 0.955. The first-order chi connectivity index (χ1) is 14.2. The minimum atomic E-state index is -0.254. The summed E-state index contributed by atoms with van der Waals surface area (Å²) in [6.07, 6.45) is 2.19. The molecule has 0 radical (unpaired) electrons. The van der Waals surface area contributed by atoms with Gasteiger partial charge in [0.05, 0.1) is 0 Å². The summed E-state index contributed by atoms with van der Waals surface area (Å²) >= 11 is 0. The number of hydrogen-bond acceptors (Lipinski definition) is 4. The number of halogens is 2. The third-order valence-corrected chi connectivity index (χ3v) is 4.83. The first-order valence-electron chi connectivity index (χ1n) is 9.78. The van der Waals surface area contributed by atoms with Crippen LogP contribution in [-0.4, -0.2) is 61.5 Å². The predicted octanol–water partition coefficient (Wildman–Crippen LogP) is 2.24. The number of amides is 1. The molecule has 2 aromatic rings. The molecule has 0 saturated carbocycles. The molecule has 9 heteroatoms. The number of hydrogen-bond donors (Lipinski definition) is 2. The molecule has 1 aromatic carbocycles. The van der Waals surface area contributed by atoms with E-state index in [2.05, 4.69) is 25.5 Å². The van der Waals surface area contributed by atoms with Gasteiger partial charge in [0.1, 0.15) is 11.6 Å². The maximum atomic E-state index is 13.0. The molecular weight excluding hydrogens is 498 g/mol. The first-order valence-corrected chi connectivity index (χ1v) is 9.78. The summed E-state index contributed by atoms with van der Waals surface area (Å²) < 4.78 is 13.0. The largest absolute Gasteiger partial charge is 0.356 e. The number of aromatic nitrogens is 1. The van der Waals surface area contributed by atoms with Crippen molar-refractivity contribution in [2.75, 3.05) is 44.7 Å². The van der Waals surface area contributed by atoms with Gasteiger partial charge in [0.15, 0.2) is 5.96 Å². The molecule has 2 heterocycles. The Hall–Kier alpha value is -2.43. The van der Waals surface area contributed by atoms with Gasteiger partial charge in [0.25, 0.3) is 0 Å². The first kappa shape index (κ1) is 23.8. The van der Waals surface area contributed by atoms with Gasteiger partial charge in [0.2, 0.25) is 5.91 Å². The molecule has 3 rings (SSSR count). The number of guanidine groups is 1. The van der Waals surface area contributed by atoms with Gasteiger partial charge in [0, 0.05) is 58.9 Å². The number of aliphatic imine (C=N–C) groups is 1. The van der Waals surface area contributed by atoms with Crippen molar-refractivity contribution < 1.29 is 9.18 Å². The standard InChI is InChI=1S/C21H27FN6O.HI/c1-23-21(26-16-17-5-7-18(22)8-6-17)25-11-9-20(29)28-14-12-27(13-15-28)19-4-2-3-10-24-19;/h2-8,10H,9,11-16H2,1H3,(H2,23,25,26);1H. The molecule has 30 heavy (non-hydrogen) atoms. The molecule has 1 aliphatic heterocycles. The number of carbonyl (C=O) groups is 1. The molecule has 1 saturated heterocycles. The number of pyridine rings is 1. The van der Waals surface area contributed by atoms with Crippen LogP contribution in [0.15, 0.2) is 53.7 Å². The number of benzene rings is 1. The Kier molecular flexibility index (Phi) is 9.78. The van der Waals surface area contributed by atoms with Crippen LogP contribution in [-0.2, 0) is 11.3 Å². The van der Waals surface area contributed by atoms with Crippen LogP contribution in [0.4, 0.5) is 10.2 Å². The van der Waals surface area contributed by atoms with Crippen LogP contribution >= 0.6 is 24.0 Å². The SMILES string of the molecule is CN=C(NCCC(=O)N1CCN(c2ccccn2)CC1)NCc1ccc(F)cc1.I. The van der Waals surface area contributed by atoms with Gasteiger partial charge in [-0.3, -0.25) is 9.79 Å². The highest BCUT2D eigenvalue weighted by Gasteiger charge is 2.21. The van der Waals surface area contributed by atoms with Gasteiger partial charge in [-0.1, -0.05) is 18.2 Å². The minimum absolute atomic E-state index is 0. The quantitative estimate of drug-likeness (QED) is 0.344. The highest BCUT2D eigenvalue weighted by atomic mass is 127. The number of anilines is 1. The highest BCUT2D eigenvalue weighted by Crippen LogP contribution is 2.12. The number of nitrogens with zero attached hydrogens (tertiary/aromatic N) is 4. The number of carbonyl (C=O) groups excluding carboxylic acids is 1. The van der Waals surface area contributed by atoms with Gasteiger partial charge >= 0.3 is 0 Å². The highest BCUT2D eigenvalue weighted by molar-refractivity contribution is 14.0. The lowest BCUT2D eigenvalue weighted by atomic mass is 10.2. The molecule has 0 unspecified atom stereocenters. The Balaban J connectivity index is 0.00000320. The zero-order chi connectivity index (χ0) is 20.5. The average Bonchev–Trinajstić information content (AvgIpc) is 2.78. The fraction of sp³-hybridized carbons (Fsp3) is 0.381. The van der Waals surface area contributed by atoms with Crippen molar-refractivity contribution >= 4 is 41.7 Å². The van der Waals surface area contributed by atoms with Gasteiger partial charge in [-0.25, -0.2) is 9.37 Å². The third kappa shape index (κ3) is 7.12. The molecule has 1 aromatic heterocycles. The molecular formula is C21H28FIN6O. The maximum Gasteiger partial charge on any atom is 0.224 e. The molecule has 162 valence electrons. The molecule has 1 aliphatic rings. The minimum Gasteiger partial charge on any atom is -0.356 e. The second kappa shape index (κ2) is 12.3. The van der Waals surface area contributed by atoms with Crippen molar-refractivity contribution in [3.63, 3.8) is 0 Å². The number of piperazine rings is 1. The van der Waals surface area contributed by atoms with Crippen molar-refractivity contribution in [3.05, 3.63) is 60.0 Å². The summed E-state index contributed by atoms with van der Waals surface area (Å²) in [6, 6.07) is 12.2. The fourth-order valence-electron chi connectivity index (χ4n) is 3.18. The summed E-state index contributed by atoms with van der Waals surface area (Å²) in [5.74, 6) is 1.45. The number of nitrogens with one attached hydrogen (secondary N) is 2. The molecule has 7 nitrogen and oxygen atoms in total. The van der Waals surface area contributed by atoms with E-state index in [9.17, 15) is 9.18 Å². The number of rotatable bonds is 6. The van der Waals surface area contributed by atoms with E-state index >= 15 is 0 Å². The van der Waals surface area contributed by atoms with E-state index in [-0.39, 0.29) is 35.7 Å². The topological polar surface area (TPSA) is 72.9 Å². The zero-order valence-electron chi connectivity index (χ0n) is 17.1. The monoisotopic (exact) mass is 526 g/mol. The molecule has 2 N–H and O–H groups in total. The lowest BCUT2D eigenvalue weighted by molar-refractivity contribution is -0.131. The van der Waals surface area contributed by atoms with Crippen LogP contribution < -0.4 is 15.5 Å². The van der Waals surface area contributed by atoms with Crippen molar-refractivity contribution in [2.45, 2.75) is 13.0 Å². The summed E-state index contributed by atoms with van der Waals surface area (Å²) in [5, 5.41) is 6.31. The molecule has 0 spiro atoms. The van der Waals surface area contributed by atoms with Crippen LogP contribution in [0.1, 0.15) is 12.0 Å². The van der Waals surface area contributed by atoms with Crippen LogP contribution in [0.2, 0.25) is 0 Å². The fourth-order valence-corrected chi connectivity index (χ4v) is 3.18. The second-order valence-electron chi connectivity index (χ2n) is 6.78. The third-order valence-electron chi connectivity index (χ3n) is 4.83. The van der Waals surface area contributed by atoms with Crippen molar-refractivity contribution in [3.8, 4) is 0 Å². The van der Waals surface area contributed by atoms with Crippen LogP contribution in [0.25, 0.3) is 0 Å². The van der Waals surface area contributed by atoms with Crippen molar-refractivity contribution in [1.29, 1.82) is 0 Å². The Morgan fingerprint density at radius 1 is 1.10 bits per heavy atom. The summed E-state index contributed by atoms with van der Waals surface area (Å²) in [4.78, 5) is 25.1. The molecule has 0 bridgehead atoms. The van der Waals surface area contributed by atoms with Gasteiger partial charge in [-0.2, -0.15) is 0 Å². The Morgan fingerprint density at radius 3 is 2.47 bits per heavy atom. The molecule has 1 amide bonds. The van der Waals surface area contributed by atoms with E-state index in [1.807, 2.05) is 23.1 Å². The van der Waals surface area contributed by atoms with E-state index in [4.69, 9.17) is 0 Å². The predicted molar refractivity (Wildman–Crippen MR) is 128 cm³/mol. The van der Waals surface area contributed by atoms with E-state index in [1.54, 1.807) is 25.4 Å². The normalized spacial score (nSPS) is 14.1. The Morgan fingerprint density at radius 2 is 1.83 bits per heavy atom. The smallest absolute Gasteiger partial charge is 0.224 e. The molecule has 0 atom stereocenters. The van der Waals surface area contributed by atoms with Crippen LogP contribution in [0.3, 0.4) is 0 Å². The Labute approximate surface area is 193 Å². The molecule has 1 fully saturated rings. The van der Waals surface area contributed by atoms with E-state index in [0.29, 0.717) is 38.6 Å². The summed E-state index contributed by atoms with van der Waals surface area (Å²) in [7, 11) is 1.68. The van der Waals surface area contributed by atoms with Gasteiger partial charge < -0.3 is 20.4 Å². The van der Waals surface area contributed by atoms with E-state index in [0.717, 1.165) is 24.5 Å². The van der Waals surface area contributed by atoms with Gasteiger partial charge in [-0.15, -0.1) is 24.0 Å². The molecule has 0 aliphatic carbocycles. The van der Waals surface area contributed by atoms with E-state index in [1.165, 1.54) is 12.1 Å². The van der Waals surface area contributed by atoms with Crippen LogP contribution in [0, 0.1) is 5.82 Å². The van der Waals surface area contributed by atoms with E-state index < -0.39 is 0 Å². The second-order valence-corrected chi connectivity index (χ2v) is 6.78. The van der Waals surface area contributed by atoms with Crippen molar-refractivity contribution in [2.24, 2.45) is 4.99 Å². The van der Waals surface area contributed by atoms with Crippen LogP contribution in [0.5, 0.6) is 0 Å². The average molecular weight is 526 g/mol. The summed E-state index contributed by atoms with van der Waals surface area (Å²) in [6.45, 7) is 4.01. The lowest BCUT2D eigenvalue weighted by Crippen LogP contribution is -2.49. The van der Waals surface area contributed by atoms with Gasteiger partial charge in [-0.05, 0) is 29.8 Å².